The predicted molar refractivity (Wildman–Crippen MR) is 68.2 cm³/mol. The van der Waals surface area contributed by atoms with Crippen molar-refractivity contribution in [3.8, 4) is 5.75 Å². The van der Waals surface area contributed by atoms with Crippen molar-refractivity contribution in [3.63, 3.8) is 0 Å². The van der Waals surface area contributed by atoms with Crippen LogP contribution in [0.25, 0.3) is 0 Å². The van der Waals surface area contributed by atoms with E-state index in [1.54, 1.807) is 25.1 Å². The second-order valence-electron chi connectivity index (χ2n) is 3.92. The van der Waals surface area contributed by atoms with Gasteiger partial charge in [-0.05, 0) is 19.1 Å². The zero-order valence-electron chi connectivity index (χ0n) is 10.5. The van der Waals surface area contributed by atoms with Crippen LogP contribution in [0.4, 0.5) is 11.4 Å². The summed E-state index contributed by atoms with van der Waals surface area (Å²) in [5.41, 5.74) is 1.05. The number of methoxy groups -OCH3 is 1. The van der Waals surface area contributed by atoms with Crippen LogP contribution < -0.4 is 10.1 Å². The normalized spacial score (nSPS) is 10.2. The molecule has 0 amide bonds. The van der Waals surface area contributed by atoms with Gasteiger partial charge in [0.2, 0.25) is 0 Å². The number of aromatic nitrogens is 1. The van der Waals surface area contributed by atoms with Gasteiger partial charge in [-0.3, -0.25) is 10.1 Å². The molecule has 7 heteroatoms. The molecule has 0 aliphatic carbocycles. The monoisotopic (exact) mass is 263 g/mol. The summed E-state index contributed by atoms with van der Waals surface area (Å²) in [5.74, 6) is 1.13. The fourth-order valence-corrected chi connectivity index (χ4v) is 1.63. The van der Waals surface area contributed by atoms with Crippen molar-refractivity contribution in [3.05, 3.63) is 45.8 Å². The Bertz CT molecular complexity index is 594. The molecule has 0 atom stereocenters. The fraction of sp³-hybridized carbons (Fsp3) is 0.250. The van der Waals surface area contributed by atoms with Crippen molar-refractivity contribution in [2.24, 2.45) is 0 Å². The number of rotatable bonds is 5. The summed E-state index contributed by atoms with van der Waals surface area (Å²) in [7, 11) is 1.46. The molecule has 0 spiro atoms. The summed E-state index contributed by atoms with van der Waals surface area (Å²) < 4.78 is 9.89. The summed E-state index contributed by atoms with van der Waals surface area (Å²) >= 11 is 0. The molecule has 0 bridgehead atoms. The lowest BCUT2D eigenvalue weighted by Gasteiger charge is -2.06. The lowest BCUT2D eigenvalue weighted by atomic mass is 10.2. The first-order valence-corrected chi connectivity index (χ1v) is 5.58. The van der Waals surface area contributed by atoms with Crippen molar-refractivity contribution >= 4 is 11.4 Å². The van der Waals surface area contributed by atoms with Gasteiger partial charge in [0.15, 0.2) is 0 Å². The molecule has 0 unspecified atom stereocenters. The first-order valence-electron chi connectivity index (χ1n) is 5.58. The van der Waals surface area contributed by atoms with E-state index >= 15 is 0 Å². The minimum atomic E-state index is -0.459. The number of ether oxygens (including phenoxy) is 1. The van der Waals surface area contributed by atoms with Crippen LogP contribution in [0, 0.1) is 17.0 Å². The van der Waals surface area contributed by atoms with E-state index < -0.39 is 4.92 Å². The molecule has 1 N–H and O–H groups in total. The Hall–Kier alpha value is -2.57. The van der Waals surface area contributed by atoms with Crippen molar-refractivity contribution in [2.45, 2.75) is 13.5 Å². The van der Waals surface area contributed by atoms with Gasteiger partial charge in [0, 0.05) is 6.07 Å². The average Bonchev–Trinajstić information content (AvgIpc) is 2.82. The van der Waals surface area contributed by atoms with Crippen molar-refractivity contribution in [2.75, 3.05) is 12.4 Å². The largest absolute Gasteiger partial charge is 0.496 e. The third-order valence-corrected chi connectivity index (χ3v) is 2.54. The van der Waals surface area contributed by atoms with E-state index in [1.165, 1.54) is 13.2 Å². The Morgan fingerprint density at radius 2 is 2.26 bits per heavy atom. The highest BCUT2D eigenvalue weighted by molar-refractivity contribution is 5.63. The summed E-state index contributed by atoms with van der Waals surface area (Å²) in [6.07, 6.45) is 0. The Labute approximate surface area is 109 Å². The van der Waals surface area contributed by atoms with Crippen molar-refractivity contribution in [1.82, 2.24) is 5.16 Å². The van der Waals surface area contributed by atoms with E-state index in [2.05, 4.69) is 10.5 Å². The summed E-state index contributed by atoms with van der Waals surface area (Å²) in [6.45, 7) is 2.14. The molecular weight excluding hydrogens is 250 g/mol. The SMILES string of the molecule is COc1ccc(NCc2cc(C)on2)c([N+](=O)[O-])c1. The first-order chi connectivity index (χ1) is 9.10. The fourth-order valence-electron chi connectivity index (χ4n) is 1.63. The number of hydrogen-bond donors (Lipinski definition) is 1. The molecule has 0 aliphatic heterocycles. The standard InChI is InChI=1S/C12H13N3O4/c1-8-5-9(14-19-8)7-13-11-4-3-10(18-2)6-12(11)15(16)17/h3-6,13H,7H2,1-2H3. The van der Waals surface area contributed by atoms with Crippen LogP contribution in [0.5, 0.6) is 5.75 Å². The van der Waals surface area contributed by atoms with Gasteiger partial charge >= 0.3 is 0 Å². The van der Waals surface area contributed by atoms with Gasteiger partial charge in [-0.2, -0.15) is 0 Å². The van der Waals surface area contributed by atoms with Crippen molar-refractivity contribution < 1.29 is 14.2 Å². The average molecular weight is 263 g/mol. The molecule has 0 saturated heterocycles. The molecular formula is C12H13N3O4. The van der Waals surface area contributed by atoms with Crippen LogP contribution in [0.2, 0.25) is 0 Å². The third-order valence-electron chi connectivity index (χ3n) is 2.54. The third kappa shape index (κ3) is 3.01. The maximum absolute atomic E-state index is 11.0. The van der Waals surface area contributed by atoms with Crippen molar-refractivity contribution in [1.29, 1.82) is 0 Å². The van der Waals surface area contributed by atoms with Crippen LogP contribution in [0.1, 0.15) is 11.5 Å². The highest BCUT2D eigenvalue weighted by atomic mass is 16.6. The molecule has 0 saturated carbocycles. The lowest BCUT2D eigenvalue weighted by Crippen LogP contribution is -2.03. The number of nitrogens with zero attached hydrogens (tertiary/aromatic N) is 2. The minimum absolute atomic E-state index is 0.0421. The highest BCUT2D eigenvalue weighted by Gasteiger charge is 2.15. The van der Waals surface area contributed by atoms with Crippen LogP contribution >= 0.6 is 0 Å². The molecule has 100 valence electrons. The second-order valence-corrected chi connectivity index (χ2v) is 3.92. The maximum atomic E-state index is 11.0. The van der Waals surface area contributed by atoms with Gasteiger partial charge in [-0.15, -0.1) is 0 Å². The molecule has 1 aromatic heterocycles. The Morgan fingerprint density at radius 3 is 2.84 bits per heavy atom. The Morgan fingerprint density at radius 1 is 1.47 bits per heavy atom. The molecule has 7 nitrogen and oxygen atoms in total. The molecule has 2 rings (SSSR count). The number of hydrogen-bond acceptors (Lipinski definition) is 6. The number of anilines is 1. The van der Waals surface area contributed by atoms with Crippen LogP contribution in [-0.4, -0.2) is 17.2 Å². The Kier molecular flexibility index (Phi) is 3.65. The zero-order chi connectivity index (χ0) is 13.8. The van der Waals surface area contributed by atoms with Gasteiger partial charge in [0.05, 0.1) is 24.6 Å². The quantitative estimate of drug-likeness (QED) is 0.658. The molecule has 0 fully saturated rings. The zero-order valence-corrected chi connectivity index (χ0v) is 10.5. The number of nitrogens with one attached hydrogen (secondary N) is 1. The van der Waals surface area contributed by atoms with Gasteiger partial charge in [-0.25, -0.2) is 0 Å². The van der Waals surface area contributed by atoms with E-state index in [0.29, 0.717) is 29.4 Å². The molecule has 0 radical (unpaired) electrons. The van der Waals surface area contributed by atoms with Crippen LogP contribution in [0.15, 0.2) is 28.8 Å². The second kappa shape index (κ2) is 5.38. The lowest BCUT2D eigenvalue weighted by molar-refractivity contribution is -0.384. The van der Waals surface area contributed by atoms with Gasteiger partial charge in [0.1, 0.15) is 22.9 Å². The maximum Gasteiger partial charge on any atom is 0.296 e. The van der Waals surface area contributed by atoms with Gasteiger partial charge in [-0.1, -0.05) is 5.16 Å². The molecule has 0 aliphatic rings. The number of aryl methyl sites for hydroxylation is 1. The van der Waals surface area contributed by atoms with Gasteiger partial charge in [0.25, 0.3) is 5.69 Å². The van der Waals surface area contributed by atoms with E-state index in [1.807, 2.05) is 0 Å². The molecule has 19 heavy (non-hydrogen) atoms. The minimum Gasteiger partial charge on any atom is -0.496 e. The van der Waals surface area contributed by atoms with E-state index in [9.17, 15) is 10.1 Å². The molecule has 1 aromatic carbocycles. The first kappa shape index (κ1) is 12.9. The number of nitro benzene ring substituents is 1. The Balaban J connectivity index is 2.17. The van der Waals surface area contributed by atoms with Gasteiger partial charge < -0.3 is 14.6 Å². The summed E-state index contributed by atoms with van der Waals surface area (Å²) in [5, 5.41) is 17.7. The topological polar surface area (TPSA) is 90.4 Å². The molecule has 1 heterocycles. The summed E-state index contributed by atoms with van der Waals surface area (Å²) in [6, 6.07) is 6.39. The number of nitro groups is 1. The number of benzene rings is 1. The highest BCUT2D eigenvalue weighted by Crippen LogP contribution is 2.29. The predicted octanol–water partition coefficient (Wildman–Crippen LogP) is 2.51. The van der Waals surface area contributed by atoms with E-state index in [0.717, 1.165) is 0 Å². The van der Waals surface area contributed by atoms with Crippen LogP contribution in [-0.2, 0) is 6.54 Å². The molecule has 2 aromatic rings. The van der Waals surface area contributed by atoms with Crippen LogP contribution in [0.3, 0.4) is 0 Å². The van der Waals surface area contributed by atoms with E-state index in [-0.39, 0.29) is 5.69 Å². The summed E-state index contributed by atoms with van der Waals surface area (Å²) in [4.78, 5) is 10.5. The van der Waals surface area contributed by atoms with E-state index in [4.69, 9.17) is 9.26 Å². The smallest absolute Gasteiger partial charge is 0.296 e.